The number of fused-ring (bicyclic) bond motifs is 1. The predicted octanol–water partition coefficient (Wildman–Crippen LogP) is 6.02. The van der Waals surface area contributed by atoms with Crippen molar-refractivity contribution in [1.82, 2.24) is 14.8 Å². The van der Waals surface area contributed by atoms with Gasteiger partial charge in [-0.1, -0.05) is 36.4 Å². The minimum atomic E-state index is -0.253. The van der Waals surface area contributed by atoms with Gasteiger partial charge < -0.3 is 4.74 Å². The zero-order chi connectivity index (χ0) is 21.2. The Labute approximate surface area is 179 Å². The summed E-state index contributed by atoms with van der Waals surface area (Å²) in [6.45, 7) is 0.397. The fourth-order valence-electron chi connectivity index (χ4n) is 3.60. The van der Waals surface area contributed by atoms with Crippen LogP contribution in [0, 0.1) is 5.82 Å². The summed E-state index contributed by atoms with van der Waals surface area (Å²) in [5.41, 5.74) is 5.53. The Balaban J connectivity index is 1.35. The Hall–Kier alpha value is -3.99. The highest BCUT2D eigenvalue weighted by Gasteiger charge is 2.12. The molecule has 5 rings (SSSR count). The molecule has 0 atom stereocenters. The van der Waals surface area contributed by atoms with Gasteiger partial charge in [-0.3, -0.25) is 4.68 Å². The lowest BCUT2D eigenvalue weighted by atomic mass is 10.0. The number of hydrogen-bond donors (Lipinski definition) is 0. The van der Waals surface area contributed by atoms with Gasteiger partial charge in [0.1, 0.15) is 23.9 Å². The zero-order valence-electron chi connectivity index (χ0n) is 17.0. The van der Waals surface area contributed by atoms with E-state index in [-0.39, 0.29) is 5.82 Å². The maximum absolute atomic E-state index is 13.3. The van der Waals surface area contributed by atoms with Crippen molar-refractivity contribution in [3.8, 4) is 28.1 Å². The van der Waals surface area contributed by atoms with Crippen LogP contribution in [0.2, 0.25) is 0 Å². The number of pyridine rings is 1. The number of rotatable bonds is 5. The molecule has 0 radical (unpaired) electrons. The quantitative estimate of drug-likeness (QED) is 0.356. The van der Waals surface area contributed by atoms with Crippen LogP contribution in [0.1, 0.15) is 5.69 Å². The fourth-order valence-corrected chi connectivity index (χ4v) is 3.60. The smallest absolute Gasteiger partial charge is 0.130 e. The molecular formula is C26H20FN3O. The topological polar surface area (TPSA) is 39.9 Å². The van der Waals surface area contributed by atoms with Crippen molar-refractivity contribution < 1.29 is 9.13 Å². The molecule has 4 nitrogen and oxygen atoms in total. The first kappa shape index (κ1) is 19.0. The summed E-state index contributed by atoms with van der Waals surface area (Å²) in [7, 11) is 1.88. The number of hydrogen-bond acceptors (Lipinski definition) is 3. The van der Waals surface area contributed by atoms with Crippen LogP contribution < -0.4 is 4.74 Å². The molecule has 0 N–H and O–H groups in total. The van der Waals surface area contributed by atoms with Gasteiger partial charge in [0.05, 0.1) is 11.2 Å². The van der Waals surface area contributed by atoms with E-state index in [0.717, 1.165) is 44.7 Å². The Morgan fingerprint density at radius 3 is 2.39 bits per heavy atom. The van der Waals surface area contributed by atoms with E-state index in [9.17, 15) is 4.39 Å². The summed E-state index contributed by atoms with van der Waals surface area (Å²) in [6.07, 6.45) is 1.94. The summed E-state index contributed by atoms with van der Waals surface area (Å²) in [5.74, 6) is 0.509. The monoisotopic (exact) mass is 409 g/mol. The minimum Gasteiger partial charge on any atom is -0.487 e. The van der Waals surface area contributed by atoms with Crippen LogP contribution >= 0.6 is 0 Å². The van der Waals surface area contributed by atoms with Crippen molar-refractivity contribution in [3.05, 3.63) is 103 Å². The molecule has 2 aromatic heterocycles. The first-order valence-corrected chi connectivity index (χ1v) is 10.0. The van der Waals surface area contributed by atoms with Gasteiger partial charge in [0.15, 0.2) is 0 Å². The highest BCUT2D eigenvalue weighted by atomic mass is 19.1. The van der Waals surface area contributed by atoms with Gasteiger partial charge in [-0.15, -0.1) is 0 Å². The van der Waals surface area contributed by atoms with E-state index in [2.05, 4.69) is 16.1 Å². The molecule has 0 fully saturated rings. The second-order valence-electron chi connectivity index (χ2n) is 7.38. The molecule has 0 amide bonds. The van der Waals surface area contributed by atoms with Crippen molar-refractivity contribution in [2.24, 2.45) is 7.05 Å². The molecule has 5 aromatic rings. The second kappa shape index (κ2) is 8.03. The van der Waals surface area contributed by atoms with E-state index in [0.29, 0.717) is 6.61 Å². The van der Waals surface area contributed by atoms with E-state index in [1.165, 1.54) is 12.1 Å². The highest BCUT2D eigenvalue weighted by Crippen LogP contribution is 2.32. The van der Waals surface area contributed by atoms with Crippen molar-refractivity contribution in [1.29, 1.82) is 0 Å². The molecular weight excluding hydrogens is 389 g/mol. The van der Waals surface area contributed by atoms with E-state index in [1.54, 1.807) is 16.8 Å². The molecule has 2 heterocycles. The molecule has 0 aliphatic carbocycles. The highest BCUT2D eigenvalue weighted by molar-refractivity contribution is 5.80. The fraction of sp³-hybridized carbons (Fsp3) is 0.0769. The SMILES string of the molecule is Cn1cc(-c2ccc(F)cc2)c(-c2ccc(OCc3ccc4ccccc4n3)cc2)n1. The predicted molar refractivity (Wildman–Crippen MR) is 120 cm³/mol. The van der Waals surface area contributed by atoms with Gasteiger partial charge in [0.25, 0.3) is 0 Å². The van der Waals surface area contributed by atoms with Crippen molar-refractivity contribution in [2.45, 2.75) is 6.61 Å². The van der Waals surface area contributed by atoms with Crippen molar-refractivity contribution in [2.75, 3.05) is 0 Å². The normalized spacial score (nSPS) is 11.0. The average molecular weight is 409 g/mol. The number of benzene rings is 3. The third-order valence-electron chi connectivity index (χ3n) is 5.15. The lowest BCUT2D eigenvalue weighted by Crippen LogP contribution is -1.98. The summed E-state index contributed by atoms with van der Waals surface area (Å²) < 4.78 is 21.0. The molecule has 0 unspecified atom stereocenters. The molecule has 5 heteroatoms. The van der Waals surface area contributed by atoms with Crippen LogP contribution in [0.15, 0.2) is 91.1 Å². The van der Waals surface area contributed by atoms with Gasteiger partial charge in [0.2, 0.25) is 0 Å². The number of aryl methyl sites for hydroxylation is 1. The van der Waals surface area contributed by atoms with Crippen molar-refractivity contribution in [3.63, 3.8) is 0 Å². The number of nitrogens with zero attached hydrogens (tertiary/aromatic N) is 3. The van der Waals surface area contributed by atoms with Crippen LogP contribution in [0.5, 0.6) is 5.75 Å². The van der Waals surface area contributed by atoms with Gasteiger partial charge >= 0.3 is 0 Å². The number of aromatic nitrogens is 3. The van der Waals surface area contributed by atoms with Crippen molar-refractivity contribution >= 4 is 10.9 Å². The molecule has 31 heavy (non-hydrogen) atoms. The van der Waals surface area contributed by atoms with E-state index < -0.39 is 0 Å². The van der Waals surface area contributed by atoms with Crippen LogP contribution in [-0.4, -0.2) is 14.8 Å². The van der Waals surface area contributed by atoms with E-state index >= 15 is 0 Å². The summed E-state index contributed by atoms with van der Waals surface area (Å²) in [4.78, 5) is 4.65. The molecule has 0 spiro atoms. The van der Waals surface area contributed by atoms with Gasteiger partial charge in [0, 0.05) is 29.8 Å². The molecule has 0 bridgehead atoms. The first-order chi connectivity index (χ1) is 15.2. The largest absolute Gasteiger partial charge is 0.487 e. The number of halogens is 1. The van der Waals surface area contributed by atoms with Crippen LogP contribution in [-0.2, 0) is 13.7 Å². The average Bonchev–Trinajstić information content (AvgIpc) is 3.20. The third kappa shape index (κ3) is 4.03. The summed E-state index contributed by atoms with van der Waals surface area (Å²) in [5, 5.41) is 5.72. The first-order valence-electron chi connectivity index (χ1n) is 10.0. The number of para-hydroxylation sites is 1. The standard InChI is InChI=1S/C26H20FN3O/c1-30-16-24(18-6-11-21(27)12-7-18)26(29-30)20-9-14-23(15-10-20)31-17-22-13-8-19-4-2-3-5-25(19)28-22/h2-16H,17H2,1H3. The van der Waals surface area contributed by atoms with Gasteiger partial charge in [-0.2, -0.15) is 5.10 Å². The Kier molecular flexibility index (Phi) is 4.92. The minimum absolute atomic E-state index is 0.253. The summed E-state index contributed by atoms with van der Waals surface area (Å²) in [6, 6.07) is 26.4. The number of ether oxygens (including phenoxy) is 1. The molecule has 152 valence electrons. The Morgan fingerprint density at radius 2 is 1.58 bits per heavy atom. The molecule has 3 aromatic carbocycles. The van der Waals surface area contributed by atoms with Crippen LogP contribution in [0.25, 0.3) is 33.3 Å². The molecule has 0 saturated carbocycles. The van der Waals surface area contributed by atoms with Crippen LogP contribution in [0.4, 0.5) is 4.39 Å². The van der Waals surface area contributed by atoms with Crippen LogP contribution in [0.3, 0.4) is 0 Å². The molecule has 0 saturated heterocycles. The maximum atomic E-state index is 13.3. The molecule has 0 aliphatic rings. The van der Waals surface area contributed by atoms with E-state index in [4.69, 9.17) is 4.74 Å². The van der Waals surface area contributed by atoms with Gasteiger partial charge in [-0.05, 0) is 54.1 Å². The maximum Gasteiger partial charge on any atom is 0.130 e. The zero-order valence-corrected chi connectivity index (χ0v) is 17.0. The van der Waals surface area contributed by atoms with Gasteiger partial charge in [-0.25, -0.2) is 9.37 Å². The molecule has 0 aliphatic heterocycles. The summed E-state index contributed by atoms with van der Waals surface area (Å²) >= 11 is 0. The lowest BCUT2D eigenvalue weighted by molar-refractivity contribution is 0.302. The Bertz CT molecular complexity index is 1340. The van der Waals surface area contributed by atoms with E-state index in [1.807, 2.05) is 67.8 Å². The lowest BCUT2D eigenvalue weighted by Gasteiger charge is -2.08. The Morgan fingerprint density at radius 1 is 0.839 bits per heavy atom. The second-order valence-corrected chi connectivity index (χ2v) is 7.38. The third-order valence-corrected chi connectivity index (χ3v) is 5.15.